The Labute approximate surface area is 192 Å². The zero-order valence-electron chi connectivity index (χ0n) is 14.6. The van der Waals surface area contributed by atoms with Gasteiger partial charge >= 0.3 is 0 Å². The van der Waals surface area contributed by atoms with Crippen molar-refractivity contribution in [2.24, 2.45) is 0 Å². The SMILES string of the molecule is COc1c(I)cc(I)cc1/C=C1\SC(=O)N(CCOc2ccc(F)cc2)C1=O. The zero-order chi connectivity index (χ0) is 20.3. The Bertz CT molecular complexity index is 950. The molecule has 2 aromatic rings. The van der Waals surface area contributed by atoms with Crippen molar-refractivity contribution in [2.75, 3.05) is 20.3 Å². The molecule has 28 heavy (non-hydrogen) atoms. The number of ether oxygens (including phenoxy) is 2. The first-order chi connectivity index (χ1) is 13.4. The van der Waals surface area contributed by atoms with Gasteiger partial charge in [0, 0.05) is 9.13 Å². The Morgan fingerprint density at radius 1 is 1.18 bits per heavy atom. The molecule has 0 bridgehead atoms. The van der Waals surface area contributed by atoms with Gasteiger partial charge in [-0.25, -0.2) is 4.39 Å². The molecule has 1 heterocycles. The monoisotopic (exact) mass is 625 g/mol. The third-order valence-electron chi connectivity index (χ3n) is 3.80. The van der Waals surface area contributed by atoms with Crippen molar-refractivity contribution in [3.8, 4) is 11.5 Å². The maximum absolute atomic E-state index is 12.9. The molecule has 1 saturated heterocycles. The Morgan fingerprint density at radius 2 is 1.89 bits per heavy atom. The van der Waals surface area contributed by atoms with Crippen LogP contribution in [0.2, 0.25) is 0 Å². The normalized spacial score (nSPS) is 15.4. The van der Waals surface area contributed by atoms with Crippen LogP contribution in [0.3, 0.4) is 0 Å². The molecule has 0 radical (unpaired) electrons. The Morgan fingerprint density at radius 3 is 2.57 bits per heavy atom. The predicted octanol–water partition coefficient (Wildman–Crippen LogP) is 5.16. The molecule has 9 heteroatoms. The molecule has 2 aromatic carbocycles. The fourth-order valence-electron chi connectivity index (χ4n) is 2.52. The van der Waals surface area contributed by atoms with Crippen LogP contribution in [0, 0.1) is 13.0 Å². The van der Waals surface area contributed by atoms with Gasteiger partial charge in [0.1, 0.15) is 23.9 Å². The maximum atomic E-state index is 12.9. The van der Waals surface area contributed by atoms with E-state index in [1.807, 2.05) is 12.1 Å². The van der Waals surface area contributed by atoms with Crippen molar-refractivity contribution < 1.29 is 23.5 Å². The summed E-state index contributed by atoms with van der Waals surface area (Å²) >= 11 is 5.25. The van der Waals surface area contributed by atoms with Gasteiger partial charge in [0.25, 0.3) is 11.1 Å². The summed E-state index contributed by atoms with van der Waals surface area (Å²) in [6.45, 7) is 0.238. The van der Waals surface area contributed by atoms with Gasteiger partial charge in [-0.3, -0.25) is 14.5 Å². The lowest BCUT2D eigenvalue weighted by atomic mass is 10.2. The first-order valence-electron chi connectivity index (χ1n) is 8.06. The Kier molecular flexibility index (Phi) is 7.20. The van der Waals surface area contributed by atoms with Gasteiger partial charge in [0.05, 0.1) is 22.1 Å². The van der Waals surface area contributed by atoms with Crippen molar-refractivity contribution in [2.45, 2.75) is 0 Å². The second-order valence-corrected chi connectivity index (χ2v) is 9.05. The molecule has 1 aliphatic rings. The first-order valence-corrected chi connectivity index (χ1v) is 11.0. The smallest absolute Gasteiger partial charge is 0.293 e. The number of benzene rings is 2. The summed E-state index contributed by atoms with van der Waals surface area (Å²) < 4.78 is 25.7. The molecule has 5 nitrogen and oxygen atoms in total. The average molecular weight is 625 g/mol. The minimum atomic E-state index is -0.367. The number of carbonyl (C=O) groups excluding carboxylic acids is 2. The van der Waals surface area contributed by atoms with Crippen LogP contribution in [0.5, 0.6) is 11.5 Å². The number of hydrogen-bond acceptors (Lipinski definition) is 5. The highest BCUT2D eigenvalue weighted by Crippen LogP contribution is 2.36. The molecule has 146 valence electrons. The van der Waals surface area contributed by atoms with Gasteiger partial charge in [0.15, 0.2) is 0 Å². The van der Waals surface area contributed by atoms with Gasteiger partial charge in [-0.1, -0.05) is 0 Å². The number of thioether (sulfide) groups is 1. The fraction of sp³-hybridized carbons (Fsp3) is 0.158. The highest BCUT2D eigenvalue weighted by atomic mass is 127. The molecule has 2 amide bonds. The summed E-state index contributed by atoms with van der Waals surface area (Å²) in [6.07, 6.45) is 1.68. The number of carbonyl (C=O) groups is 2. The molecule has 0 spiro atoms. The summed E-state index contributed by atoms with van der Waals surface area (Å²) in [5, 5.41) is -0.349. The molecule has 1 fully saturated rings. The van der Waals surface area contributed by atoms with Crippen molar-refractivity contribution in [1.82, 2.24) is 4.90 Å². The molecule has 3 rings (SSSR count). The number of hydrogen-bond donors (Lipinski definition) is 0. The van der Waals surface area contributed by atoms with Gasteiger partial charge in [0.2, 0.25) is 0 Å². The summed E-state index contributed by atoms with van der Waals surface area (Å²) in [5.74, 6) is 0.410. The van der Waals surface area contributed by atoms with E-state index in [0.29, 0.717) is 16.4 Å². The van der Waals surface area contributed by atoms with Crippen LogP contribution >= 0.6 is 56.9 Å². The van der Waals surface area contributed by atoms with E-state index < -0.39 is 0 Å². The first kappa shape index (κ1) is 21.4. The Balaban J connectivity index is 1.71. The second kappa shape index (κ2) is 9.44. The van der Waals surface area contributed by atoms with E-state index in [0.717, 1.165) is 29.4 Å². The van der Waals surface area contributed by atoms with E-state index in [-0.39, 0.29) is 30.1 Å². The van der Waals surface area contributed by atoms with Crippen LogP contribution < -0.4 is 9.47 Å². The molecule has 0 aliphatic carbocycles. The summed E-state index contributed by atoms with van der Waals surface area (Å²) in [6, 6.07) is 9.42. The van der Waals surface area contributed by atoms with Crippen LogP contribution in [0.1, 0.15) is 5.56 Å². The minimum absolute atomic E-state index is 0.111. The van der Waals surface area contributed by atoms with Crippen molar-refractivity contribution in [3.05, 3.63) is 59.8 Å². The number of methoxy groups -OCH3 is 1. The van der Waals surface area contributed by atoms with E-state index in [1.54, 1.807) is 13.2 Å². The van der Waals surface area contributed by atoms with Crippen LogP contribution in [-0.4, -0.2) is 36.3 Å². The Hall–Kier alpha value is -1.34. The quantitative estimate of drug-likeness (QED) is 0.328. The van der Waals surface area contributed by atoms with Crippen molar-refractivity contribution in [1.29, 1.82) is 0 Å². The van der Waals surface area contributed by atoms with Gasteiger partial charge in [-0.2, -0.15) is 0 Å². The summed E-state index contributed by atoms with van der Waals surface area (Å²) in [7, 11) is 1.57. The van der Waals surface area contributed by atoms with Crippen LogP contribution in [-0.2, 0) is 4.79 Å². The number of imide groups is 1. The summed E-state index contributed by atoms with van der Waals surface area (Å²) in [4.78, 5) is 26.4. The number of amides is 2. The number of rotatable bonds is 6. The molecule has 0 saturated carbocycles. The molecular formula is C19H14FI2NO4S. The van der Waals surface area contributed by atoms with Crippen LogP contribution in [0.25, 0.3) is 6.08 Å². The minimum Gasteiger partial charge on any atom is -0.495 e. The molecule has 0 atom stereocenters. The molecule has 0 unspecified atom stereocenters. The van der Waals surface area contributed by atoms with E-state index in [9.17, 15) is 14.0 Å². The lowest BCUT2D eigenvalue weighted by Crippen LogP contribution is -2.32. The van der Waals surface area contributed by atoms with Gasteiger partial charge < -0.3 is 9.47 Å². The largest absolute Gasteiger partial charge is 0.495 e. The molecule has 1 aliphatic heterocycles. The lowest BCUT2D eigenvalue weighted by molar-refractivity contribution is -0.123. The second-order valence-electron chi connectivity index (χ2n) is 5.65. The summed E-state index contributed by atoms with van der Waals surface area (Å²) in [5.41, 5.74) is 0.742. The van der Waals surface area contributed by atoms with E-state index >= 15 is 0 Å². The van der Waals surface area contributed by atoms with Gasteiger partial charge in [-0.15, -0.1) is 0 Å². The van der Waals surface area contributed by atoms with Crippen LogP contribution in [0.15, 0.2) is 41.3 Å². The van der Waals surface area contributed by atoms with Crippen LogP contribution in [0.4, 0.5) is 9.18 Å². The molecular weight excluding hydrogens is 611 g/mol. The fourth-order valence-corrected chi connectivity index (χ4v) is 5.49. The highest BCUT2D eigenvalue weighted by molar-refractivity contribution is 14.1. The lowest BCUT2D eigenvalue weighted by Gasteiger charge is -2.13. The zero-order valence-corrected chi connectivity index (χ0v) is 19.7. The van der Waals surface area contributed by atoms with Gasteiger partial charge in [-0.05, 0) is 99.4 Å². The van der Waals surface area contributed by atoms with E-state index in [1.165, 1.54) is 24.3 Å². The molecule has 0 aromatic heterocycles. The standard InChI is InChI=1S/C19H14FI2NO4S/c1-26-17-11(8-13(21)10-15(17)22)9-16-18(24)23(19(25)28-16)6-7-27-14-4-2-12(20)3-5-14/h2-5,8-10H,6-7H2,1H3/b16-9-. The average Bonchev–Trinajstić information content (AvgIpc) is 2.90. The predicted molar refractivity (Wildman–Crippen MR) is 123 cm³/mol. The number of halogens is 3. The van der Waals surface area contributed by atoms with Crippen molar-refractivity contribution in [3.63, 3.8) is 0 Å². The van der Waals surface area contributed by atoms with Crippen molar-refractivity contribution >= 4 is 74.2 Å². The topological polar surface area (TPSA) is 55.8 Å². The highest BCUT2D eigenvalue weighted by Gasteiger charge is 2.35. The third kappa shape index (κ3) is 4.98. The maximum Gasteiger partial charge on any atom is 0.293 e. The van der Waals surface area contributed by atoms with E-state index in [4.69, 9.17) is 9.47 Å². The number of nitrogens with zero attached hydrogens (tertiary/aromatic N) is 1. The third-order valence-corrected chi connectivity index (χ3v) is 6.13. The van der Waals surface area contributed by atoms with E-state index in [2.05, 4.69) is 45.2 Å². The molecule has 0 N–H and O–H groups in total.